The molecule has 9 heteroatoms. The average molecular weight is 425 g/mol. The molecule has 0 aliphatic rings. The van der Waals surface area contributed by atoms with Crippen LogP contribution in [0.15, 0.2) is 59.5 Å². The van der Waals surface area contributed by atoms with E-state index in [-0.39, 0.29) is 12.3 Å². The van der Waals surface area contributed by atoms with Crippen molar-refractivity contribution in [3.8, 4) is 17.3 Å². The molecule has 8 nitrogen and oxygen atoms in total. The molecule has 0 fully saturated rings. The fourth-order valence-electron chi connectivity index (χ4n) is 3.22. The SMILES string of the molecule is CCCc1cccc(-n2nnn(C)c2=O)c1COc1ccn(-c2ccc(Cl)cc2)n1. The summed E-state index contributed by atoms with van der Waals surface area (Å²) in [6.45, 7) is 2.37. The normalized spacial score (nSPS) is 11.0. The Hall–Kier alpha value is -3.39. The third-order valence-electron chi connectivity index (χ3n) is 4.74. The summed E-state index contributed by atoms with van der Waals surface area (Å²) >= 11 is 5.95. The maximum absolute atomic E-state index is 12.4. The van der Waals surface area contributed by atoms with E-state index >= 15 is 0 Å². The van der Waals surface area contributed by atoms with Crippen molar-refractivity contribution in [2.75, 3.05) is 0 Å². The van der Waals surface area contributed by atoms with E-state index in [4.69, 9.17) is 16.3 Å². The standard InChI is InChI=1S/C21H21ClN6O2/c1-3-5-15-6-4-7-19(28-21(29)26(2)24-25-28)18(15)14-30-20-12-13-27(23-20)17-10-8-16(22)9-11-17/h4,6-13H,3,5,14H2,1-2H3. The third kappa shape index (κ3) is 3.99. The van der Waals surface area contributed by atoms with Gasteiger partial charge in [-0.25, -0.2) is 9.48 Å². The number of hydrogen-bond acceptors (Lipinski definition) is 5. The summed E-state index contributed by atoms with van der Waals surface area (Å²) in [7, 11) is 1.57. The number of tetrazole rings is 1. The lowest BCUT2D eigenvalue weighted by Gasteiger charge is -2.13. The first-order valence-corrected chi connectivity index (χ1v) is 9.99. The van der Waals surface area contributed by atoms with Crippen molar-refractivity contribution in [2.45, 2.75) is 26.4 Å². The maximum Gasteiger partial charge on any atom is 0.368 e. The van der Waals surface area contributed by atoms with Gasteiger partial charge in [-0.15, -0.1) is 5.10 Å². The van der Waals surface area contributed by atoms with Crippen LogP contribution in [0.5, 0.6) is 5.88 Å². The van der Waals surface area contributed by atoms with Crippen LogP contribution in [0.3, 0.4) is 0 Å². The Labute approximate surface area is 178 Å². The Morgan fingerprint density at radius 2 is 1.87 bits per heavy atom. The number of ether oxygens (including phenoxy) is 1. The van der Waals surface area contributed by atoms with Crippen molar-refractivity contribution in [3.05, 3.63) is 81.4 Å². The number of nitrogens with zero attached hydrogens (tertiary/aromatic N) is 6. The van der Waals surface area contributed by atoms with Crippen LogP contribution in [0, 0.1) is 0 Å². The molecule has 0 radical (unpaired) electrons. The fourth-order valence-corrected chi connectivity index (χ4v) is 3.35. The van der Waals surface area contributed by atoms with Gasteiger partial charge in [0.05, 0.1) is 11.4 Å². The van der Waals surface area contributed by atoms with Crippen LogP contribution < -0.4 is 10.4 Å². The summed E-state index contributed by atoms with van der Waals surface area (Å²) in [6.07, 6.45) is 3.66. The lowest BCUT2D eigenvalue weighted by Crippen LogP contribution is -2.23. The van der Waals surface area contributed by atoms with Gasteiger partial charge in [-0.3, -0.25) is 0 Å². The average Bonchev–Trinajstić information content (AvgIpc) is 3.35. The highest BCUT2D eigenvalue weighted by Gasteiger charge is 2.15. The smallest absolute Gasteiger partial charge is 0.368 e. The molecule has 0 saturated heterocycles. The first kappa shape index (κ1) is 19.9. The summed E-state index contributed by atoms with van der Waals surface area (Å²) in [5.41, 5.74) is 3.23. The highest BCUT2D eigenvalue weighted by molar-refractivity contribution is 6.30. The van der Waals surface area contributed by atoms with E-state index in [1.165, 1.54) is 9.36 Å². The van der Waals surface area contributed by atoms with E-state index in [2.05, 4.69) is 22.4 Å². The number of benzene rings is 2. The van der Waals surface area contributed by atoms with Gasteiger partial charge in [0.2, 0.25) is 5.88 Å². The van der Waals surface area contributed by atoms with Gasteiger partial charge in [-0.05, 0) is 52.7 Å². The van der Waals surface area contributed by atoms with Crippen molar-refractivity contribution in [3.63, 3.8) is 0 Å². The van der Waals surface area contributed by atoms with E-state index in [9.17, 15) is 4.79 Å². The molecule has 0 spiro atoms. The summed E-state index contributed by atoms with van der Waals surface area (Å²) in [4.78, 5) is 12.4. The zero-order valence-electron chi connectivity index (χ0n) is 16.7. The Balaban J connectivity index is 1.62. The predicted octanol–water partition coefficient (Wildman–Crippen LogP) is 3.34. The van der Waals surface area contributed by atoms with Gasteiger partial charge in [-0.1, -0.05) is 37.1 Å². The molecular weight excluding hydrogens is 404 g/mol. The Morgan fingerprint density at radius 1 is 1.07 bits per heavy atom. The molecule has 4 rings (SSSR count). The molecule has 30 heavy (non-hydrogen) atoms. The van der Waals surface area contributed by atoms with Gasteiger partial charge in [0, 0.05) is 29.9 Å². The molecule has 0 bridgehead atoms. The van der Waals surface area contributed by atoms with E-state index < -0.39 is 0 Å². The minimum absolute atomic E-state index is 0.256. The van der Waals surface area contributed by atoms with Crippen LogP contribution in [-0.2, 0) is 20.1 Å². The molecule has 0 atom stereocenters. The van der Waals surface area contributed by atoms with Crippen LogP contribution >= 0.6 is 11.6 Å². The Bertz CT molecular complexity index is 1210. The van der Waals surface area contributed by atoms with Crippen molar-refractivity contribution >= 4 is 11.6 Å². The Kier molecular flexibility index (Phi) is 5.67. The third-order valence-corrected chi connectivity index (χ3v) is 4.99. The first-order valence-electron chi connectivity index (χ1n) is 9.61. The van der Waals surface area contributed by atoms with Crippen LogP contribution in [0.4, 0.5) is 0 Å². The van der Waals surface area contributed by atoms with E-state index in [1.807, 2.05) is 48.7 Å². The molecule has 0 N–H and O–H groups in total. The molecule has 2 aromatic carbocycles. The zero-order valence-corrected chi connectivity index (χ0v) is 17.5. The van der Waals surface area contributed by atoms with Crippen LogP contribution in [0.1, 0.15) is 24.5 Å². The molecule has 0 amide bonds. The summed E-state index contributed by atoms with van der Waals surface area (Å²) in [5, 5.41) is 13.0. The van der Waals surface area contributed by atoms with E-state index in [0.717, 1.165) is 29.7 Å². The van der Waals surface area contributed by atoms with Gasteiger partial charge in [0.25, 0.3) is 0 Å². The minimum atomic E-state index is -0.308. The quantitative estimate of drug-likeness (QED) is 0.454. The monoisotopic (exact) mass is 424 g/mol. The van der Waals surface area contributed by atoms with Gasteiger partial charge in [-0.2, -0.15) is 9.36 Å². The second-order valence-electron chi connectivity index (χ2n) is 6.83. The highest BCUT2D eigenvalue weighted by Crippen LogP contribution is 2.22. The van der Waals surface area contributed by atoms with Crippen molar-refractivity contribution in [1.29, 1.82) is 0 Å². The van der Waals surface area contributed by atoms with Gasteiger partial charge < -0.3 is 4.74 Å². The van der Waals surface area contributed by atoms with Crippen LogP contribution in [0.25, 0.3) is 11.4 Å². The minimum Gasteiger partial charge on any atom is -0.472 e. The molecule has 4 aromatic rings. The summed E-state index contributed by atoms with van der Waals surface area (Å²) in [6, 6.07) is 15.0. The molecular formula is C21H21ClN6O2. The zero-order chi connectivity index (χ0) is 21.1. The number of rotatable bonds is 7. The maximum atomic E-state index is 12.4. The predicted molar refractivity (Wildman–Crippen MR) is 114 cm³/mol. The molecule has 2 aromatic heterocycles. The van der Waals surface area contributed by atoms with E-state index in [0.29, 0.717) is 16.6 Å². The largest absolute Gasteiger partial charge is 0.472 e. The topological polar surface area (TPSA) is 79.8 Å². The molecule has 0 aliphatic carbocycles. The summed E-state index contributed by atoms with van der Waals surface area (Å²) in [5.74, 6) is 0.480. The van der Waals surface area contributed by atoms with Gasteiger partial charge >= 0.3 is 5.69 Å². The number of hydrogen-bond donors (Lipinski definition) is 0. The van der Waals surface area contributed by atoms with Gasteiger partial charge in [0.15, 0.2) is 0 Å². The molecule has 0 aliphatic heterocycles. The van der Waals surface area contributed by atoms with E-state index in [1.54, 1.807) is 17.8 Å². The number of halogens is 1. The first-order chi connectivity index (χ1) is 14.6. The van der Waals surface area contributed by atoms with Gasteiger partial charge in [0.1, 0.15) is 6.61 Å². The van der Waals surface area contributed by atoms with Crippen LogP contribution in [0.2, 0.25) is 5.02 Å². The number of aryl methyl sites for hydroxylation is 2. The molecule has 0 unspecified atom stereocenters. The molecule has 2 heterocycles. The highest BCUT2D eigenvalue weighted by atomic mass is 35.5. The van der Waals surface area contributed by atoms with Crippen molar-refractivity contribution in [1.82, 2.24) is 29.6 Å². The number of aromatic nitrogens is 6. The second kappa shape index (κ2) is 8.54. The molecule has 154 valence electrons. The Morgan fingerprint density at radius 3 is 2.57 bits per heavy atom. The van der Waals surface area contributed by atoms with Crippen molar-refractivity contribution in [2.24, 2.45) is 7.05 Å². The van der Waals surface area contributed by atoms with Crippen LogP contribution in [-0.4, -0.2) is 29.6 Å². The fraction of sp³-hybridized carbons (Fsp3) is 0.238. The lowest BCUT2D eigenvalue weighted by atomic mass is 10.0. The molecule has 0 saturated carbocycles. The lowest BCUT2D eigenvalue weighted by molar-refractivity contribution is 0.290. The van der Waals surface area contributed by atoms with Crippen molar-refractivity contribution < 1.29 is 4.74 Å². The second-order valence-corrected chi connectivity index (χ2v) is 7.26. The summed E-state index contributed by atoms with van der Waals surface area (Å²) < 4.78 is 10.2.